The summed E-state index contributed by atoms with van der Waals surface area (Å²) in [6.45, 7) is 11.2. The molecule has 2 nitrogen and oxygen atoms in total. The Balaban J connectivity index is 3.20. The van der Waals surface area contributed by atoms with Gasteiger partial charge in [-0.15, -0.1) is 0 Å². The first kappa shape index (κ1) is 11.9. The van der Waals surface area contributed by atoms with Gasteiger partial charge in [-0.25, -0.2) is 0 Å². The summed E-state index contributed by atoms with van der Waals surface area (Å²) in [4.78, 5) is 2.38. The normalized spacial score (nSPS) is 12.0. The van der Waals surface area contributed by atoms with Gasteiger partial charge in [0.1, 0.15) is 0 Å². The highest BCUT2D eigenvalue weighted by molar-refractivity contribution is 4.59. The fraction of sp³-hybridized carbons (Fsp3) is 1.00. The molecule has 2 heteroatoms. The van der Waals surface area contributed by atoms with Crippen LogP contribution >= 0.6 is 0 Å². The van der Waals surface area contributed by atoms with Gasteiger partial charge in [0, 0.05) is 12.1 Å². The van der Waals surface area contributed by atoms with Crippen LogP contribution in [0.1, 0.15) is 34.1 Å². The quantitative estimate of drug-likeness (QED) is 0.614. The van der Waals surface area contributed by atoms with Crippen LogP contribution < -0.4 is 5.32 Å². The first-order valence-corrected chi connectivity index (χ1v) is 4.97. The lowest BCUT2D eigenvalue weighted by Crippen LogP contribution is -2.31. The van der Waals surface area contributed by atoms with E-state index >= 15 is 0 Å². The van der Waals surface area contributed by atoms with Crippen LogP contribution in [-0.4, -0.2) is 37.1 Å². The second-order valence-corrected chi connectivity index (χ2v) is 4.04. The Morgan fingerprint density at radius 3 is 2.17 bits per heavy atom. The molecule has 0 saturated carbocycles. The molecule has 0 atom stereocenters. The van der Waals surface area contributed by atoms with Crippen LogP contribution in [-0.2, 0) is 0 Å². The molecule has 0 unspecified atom stereocenters. The Kier molecular flexibility index (Phi) is 6.39. The van der Waals surface area contributed by atoms with E-state index in [0.717, 1.165) is 6.54 Å². The minimum absolute atomic E-state index is 0.620. The maximum Gasteiger partial charge on any atom is 0.00355 e. The lowest BCUT2D eigenvalue weighted by molar-refractivity contribution is 0.268. The molecule has 0 amide bonds. The highest BCUT2D eigenvalue weighted by Crippen LogP contribution is 1.94. The predicted molar refractivity (Wildman–Crippen MR) is 55.5 cm³/mol. The predicted octanol–water partition coefficient (Wildman–Crippen LogP) is 1.71. The maximum absolute atomic E-state index is 3.41. The Morgan fingerprint density at radius 2 is 1.75 bits per heavy atom. The lowest BCUT2D eigenvalue weighted by Gasteiger charge is -2.21. The molecule has 0 bridgehead atoms. The van der Waals surface area contributed by atoms with E-state index in [-0.39, 0.29) is 0 Å². The fourth-order valence-electron chi connectivity index (χ4n) is 0.977. The topological polar surface area (TPSA) is 15.3 Å². The summed E-state index contributed by atoms with van der Waals surface area (Å²) in [5.74, 6) is 0. The summed E-state index contributed by atoms with van der Waals surface area (Å²) in [6.07, 6.45) is 1.24. The molecule has 0 aromatic rings. The van der Waals surface area contributed by atoms with Gasteiger partial charge in [-0.3, -0.25) is 0 Å². The van der Waals surface area contributed by atoms with Crippen molar-refractivity contribution < 1.29 is 0 Å². The molecule has 0 rings (SSSR count). The van der Waals surface area contributed by atoms with E-state index in [1.807, 2.05) is 0 Å². The average molecular weight is 172 g/mol. The van der Waals surface area contributed by atoms with Gasteiger partial charge in [0.15, 0.2) is 0 Å². The number of nitrogens with one attached hydrogen (secondary N) is 1. The van der Waals surface area contributed by atoms with Crippen LogP contribution in [0.25, 0.3) is 0 Å². The smallest absolute Gasteiger partial charge is 0.00355 e. The molecule has 0 aliphatic heterocycles. The number of hydrogen-bond acceptors (Lipinski definition) is 2. The summed E-state index contributed by atoms with van der Waals surface area (Å²) in [5.41, 5.74) is 0. The van der Waals surface area contributed by atoms with Crippen LogP contribution in [0.2, 0.25) is 0 Å². The van der Waals surface area contributed by atoms with Gasteiger partial charge in [-0.2, -0.15) is 0 Å². The zero-order valence-electron chi connectivity index (χ0n) is 9.22. The van der Waals surface area contributed by atoms with Crippen LogP contribution in [0.4, 0.5) is 0 Å². The average Bonchev–Trinajstić information content (AvgIpc) is 1.97. The van der Waals surface area contributed by atoms with Crippen molar-refractivity contribution in [3.63, 3.8) is 0 Å². The van der Waals surface area contributed by atoms with Gasteiger partial charge < -0.3 is 10.2 Å². The van der Waals surface area contributed by atoms with E-state index in [1.54, 1.807) is 0 Å². The largest absolute Gasteiger partial charge is 0.314 e. The Bertz CT molecular complexity index is 100. The highest BCUT2D eigenvalue weighted by Gasteiger charge is 2.01. The zero-order chi connectivity index (χ0) is 9.56. The summed E-state index contributed by atoms with van der Waals surface area (Å²) < 4.78 is 0. The van der Waals surface area contributed by atoms with Gasteiger partial charge in [-0.05, 0) is 40.4 Å². The van der Waals surface area contributed by atoms with E-state index in [9.17, 15) is 0 Å². The van der Waals surface area contributed by atoms with Crippen molar-refractivity contribution in [3.8, 4) is 0 Å². The van der Waals surface area contributed by atoms with Crippen molar-refractivity contribution in [2.45, 2.75) is 46.2 Å². The second kappa shape index (κ2) is 6.44. The molecular formula is C10H24N2. The molecule has 0 aromatic carbocycles. The summed E-state index contributed by atoms with van der Waals surface area (Å²) in [5, 5.41) is 3.41. The van der Waals surface area contributed by atoms with Crippen molar-refractivity contribution in [1.82, 2.24) is 10.2 Å². The van der Waals surface area contributed by atoms with Crippen LogP contribution in [0.3, 0.4) is 0 Å². The van der Waals surface area contributed by atoms with Crippen molar-refractivity contribution in [1.29, 1.82) is 0 Å². The standard InChI is InChI=1S/C10H24N2/c1-9(2)11-7-6-8-12(5)10(3)4/h9-11H,6-8H2,1-5H3. The summed E-state index contributed by atoms with van der Waals surface area (Å²) in [7, 11) is 2.18. The molecule has 74 valence electrons. The minimum atomic E-state index is 0.620. The first-order valence-electron chi connectivity index (χ1n) is 4.97. The molecule has 0 spiro atoms. The third-order valence-electron chi connectivity index (χ3n) is 2.12. The molecule has 1 N–H and O–H groups in total. The van der Waals surface area contributed by atoms with Crippen LogP contribution in [0.15, 0.2) is 0 Å². The van der Waals surface area contributed by atoms with E-state index in [4.69, 9.17) is 0 Å². The highest BCUT2D eigenvalue weighted by atomic mass is 15.1. The van der Waals surface area contributed by atoms with E-state index in [2.05, 4.69) is 45.0 Å². The third-order valence-corrected chi connectivity index (χ3v) is 2.12. The van der Waals surface area contributed by atoms with Gasteiger partial charge in [0.2, 0.25) is 0 Å². The fourth-order valence-corrected chi connectivity index (χ4v) is 0.977. The van der Waals surface area contributed by atoms with Crippen molar-refractivity contribution in [2.24, 2.45) is 0 Å². The molecule has 0 saturated heterocycles. The molecule has 0 fully saturated rings. The van der Waals surface area contributed by atoms with Crippen LogP contribution in [0.5, 0.6) is 0 Å². The van der Waals surface area contributed by atoms with Crippen molar-refractivity contribution in [2.75, 3.05) is 20.1 Å². The Morgan fingerprint density at radius 1 is 1.17 bits per heavy atom. The molecule has 12 heavy (non-hydrogen) atoms. The van der Waals surface area contributed by atoms with Gasteiger partial charge in [0.05, 0.1) is 0 Å². The molecule has 0 heterocycles. The van der Waals surface area contributed by atoms with E-state index in [0.29, 0.717) is 12.1 Å². The van der Waals surface area contributed by atoms with Crippen molar-refractivity contribution in [3.05, 3.63) is 0 Å². The monoisotopic (exact) mass is 172 g/mol. The van der Waals surface area contributed by atoms with Gasteiger partial charge >= 0.3 is 0 Å². The third kappa shape index (κ3) is 6.62. The van der Waals surface area contributed by atoms with Crippen molar-refractivity contribution >= 4 is 0 Å². The summed E-state index contributed by atoms with van der Waals surface area (Å²) in [6, 6.07) is 1.29. The molecule has 0 aliphatic carbocycles. The van der Waals surface area contributed by atoms with E-state index < -0.39 is 0 Å². The Labute approximate surface area is 77.3 Å². The lowest BCUT2D eigenvalue weighted by atomic mass is 10.3. The zero-order valence-corrected chi connectivity index (χ0v) is 9.22. The number of hydrogen-bond donors (Lipinski definition) is 1. The molecule has 0 aliphatic rings. The maximum atomic E-state index is 3.41. The van der Waals surface area contributed by atoms with Gasteiger partial charge in [-0.1, -0.05) is 13.8 Å². The number of nitrogens with zero attached hydrogens (tertiary/aromatic N) is 1. The molecular weight excluding hydrogens is 148 g/mol. The molecule has 0 radical (unpaired) electrons. The summed E-state index contributed by atoms with van der Waals surface area (Å²) >= 11 is 0. The minimum Gasteiger partial charge on any atom is -0.314 e. The van der Waals surface area contributed by atoms with Gasteiger partial charge in [0.25, 0.3) is 0 Å². The second-order valence-electron chi connectivity index (χ2n) is 4.04. The first-order chi connectivity index (χ1) is 5.54. The van der Waals surface area contributed by atoms with Crippen LogP contribution in [0, 0.1) is 0 Å². The Hall–Kier alpha value is -0.0800. The number of rotatable bonds is 6. The molecule has 0 aromatic heterocycles. The van der Waals surface area contributed by atoms with E-state index in [1.165, 1.54) is 13.0 Å². The SMILES string of the molecule is CC(C)NCCCN(C)C(C)C.